The summed E-state index contributed by atoms with van der Waals surface area (Å²) in [5.41, 5.74) is 2.32. The lowest BCUT2D eigenvalue weighted by atomic mass is 10.1. The van der Waals surface area contributed by atoms with Crippen LogP contribution in [0.15, 0.2) is 59.5 Å². The number of furan rings is 1. The zero-order chi connectivity index (χ0) is 22.5. The number of amides is 1. The van der Waals surface area contributed by atoms with E-state index in [-0.39, 0.29) is 5.91 Å². The summed E-state index contributed by atoms with van der Waals surface area (Å²) in [7, 11) is 0. The van der Waals surface area contributed by atoms with Crippen LogP contribution in [-0.2, 0) is 24.3 Å². The van der Waals surface area contributed by atoms with Crippen LogP contribution in [0.5, 0.6) is 5.75 Å². The fourth-order valence-corrected chi connectivity index (χ4v) is 4.42. The highest BCUT2D eigenvalue weighted by Gasteiger charge is 2.22. The second-order valence-electron chi connectivity index (χ2n) is 8.50. The Morgan fingerprint density at radius 2 is 1.85 bits per heavy atom. The minimum atomic E-state index is 0.132. The number of benzene rings is 1. The predicted molar refractivity (Wildman–Crippen MR) is 124 cm³/mol. The SMILES string of the molecule is O=C(CCc1ccco1)N1CCOc2ccc(CN3CCN(c4ncccn4)CC3)cc2C1. The quantitative estimate of drug-likeness (QED) is 0.575. The first-order valence-electron chi connectivity index (χ1n) is 11.5. The van der Waals surface area contributed by atoms with E-state index in [1.54, 1.807) is 18.7 Å². The topological polar surface area (TPSA) is 74.9 Å². The molecule has 0 spiro atoms. The maximum Gasteiger partial charge on any atom is 0.225 e. The zero-order valence-corrected chi connectivity index (χ0v) is 18.7. The lowest BCUT2D eigenvalue weighted by Crippen LogP contribution is -2.46. The summed E-state index contributed by atoms with van der Waals surface area (Å²) in [4.78, 5) is 28.1. The van der Waals surface area contributed by atoms with Crippen molar-refractivity contribution in [2.75, 3.05) is 44.2 Å². The third kappa shape index (κ3) is 5.34. The first kappa shape index (κ1) is 21.5. The van der Waals surface area contributed by atoms with Crippen molar-refractivity contribution in [2.45, 2.75) is 25.9 Å². The second kappa shape index (κ2) is 10.0. The van der Waals surface area contributed by atoms with Crippen LogP contribution in [0.25, 0.3) is 0 Å². The molecule has 1 fully saturated rings. The van der Waals surface area contributed by atoms with E-state index in [0.29, 0.717) is 32.5 Å². The van der Waals surface area contributed by atoms with E-state index in [4.69, 9.17) is 9.15 Å². The molecule has 1 saturated heterocycles. The smallest absolute Gasteiger partial charge is 0.225 e. The summed E-state index contributed by atoms with van der Waals surface area (Å²) in [6.45, 7) is 6.33. The van der Waals surface area contributed by atoms with Crippen LogP contribution in [0, 0.1) is 0 Å². The molecule has 8 nitrogen and oxygen atoms in total. The summed E-state index contributed by atoms with van der Waals surface area (Å²) >= 11 is 0. The lowest BCUT2D eigenvalue weighted by Gasteiger charge is -2.34. The molecule has 1 aromatic carbocycles. The van der Waals surface area contributed by atoms with Crippen LogP contribution in [0.1, 0.15) is 23.3 Å². The van der Waals surface area contributed by atoms with Crippen LogP contribution in [0.3, 0.4) is 0 Å². The number of aryl methyl sites for hydroxylation is 1. The normalized spacial score (nSPS) is 16.7. The lowest BCUT2D eigenvalue weighted by molar-refractivity contribution is -0.132. The maximum absolute atomic E-state index is 12.8. The van der Waals surface area contributed by atoms with Gasteiger partial charge in [0, 0.05) is 70.1 Å². The molecule has 3 aromatic rings. The molecule has 0 unspecified atom stereocenters. The van der Waals surface area contributed by atoms with E-state index < -0.39 is 0 Å². The molecule has 0 aliphatic carbocycles. The van der Waals surface area contributed by atoms with Gasteiger partial charge in [-0.1, -0.05) is 6.07 Å². The van der Waals surface area contributed by atoms with E-state index in [2.05, 4.69) is 38.0 Å². The maximum atomic E-state index is 12.8. The van der Waals surface area contributed by atoms with Crippen LogP contribution < -0.4 is 9.64 Å². The predicted octanol–water partition coefficient (Wildman–Crippen LogP) is 2.75. The fraction of sp³-hybridized carbons (Fsp3) is 0.400. The largest absolute Gasteiger partial charge is 0.491 e. The van der Waals surface area contributed by atoms with E-state index in [9.17, 15) is 4.79 Å². The van der Waals surface area contributed by atoms with Crippen molar-refractivity contribution in [1.29, 1.82) is 0 Å². The molecule has 0 bridgehead atoms. The number of nitrogens with zero attached hydrogens (tertiary/aromatic N) is 5. The molecular weight excluding hydrogens is 418 g/mol. The molecule has 0 radical (unpaired) electrons. The Balaban J connectivity index is 1.18. The Kier molecular flexibility index (Phi) is 6.53. The van der Waals surface area contributed by atoms with Crippen molar-refractivity contribution in [3.8, 4) is 5.75 Å². The van der Waals surface area contributed by atoms with Gasteiger partial charge in [-0.05, 0) is 35.9 Å². The second-order valence-corrected chi connectivity index (χ2v) is 8.50. The Hall–Kier alpha value is -3.39. The highest BCUT2D eigenvalue weighted by Crippen LogP contribution is 2.26. The van der Waals surface area contributed by atoms with Crippen molar-refractivity contribution >= 4 is 11.9 Å². The Bertz CT molecular complexity index is 1050. The molecule has 2 aromatic heterocycles. The van der Waals surface area contributed by atoms with Gasteiger partial charge in [-0.25, -0.2) is 9.97 Å². The summed E-state index contributed by atoms with van der Waals surface area (Å²) in [6, 6.07) is 12.0. The summed E-state index contributed by atoms with van der Waals surface area (Å²) in [5, 5.41) is 0. The van der Waals surface area contributed by atoms with Gasteiger partial charge in [-0.3, -0.25) is 9.69 Å². The van der Waals surface area contributed by atoms with Gasteiger partial charge in [0.2, 0.25) is 11.9 Å². The van der Waals surface area contributed by atoms with Gasteiger partial charge in [0.25, 0.3) is 0 Å². The van der Waals surface area contributed by atoms with Gasteiger partial charge in [-0.15, -0.1) is 0 Å². The summed E-state index contributed by atoms with van der Waals surface area (Å²) < 4.78 is 11.3. The van der Waals surface area contributed by atoms with Crippen molar-refractivity contribution < 1.29 is 13.9 Å². The van der Waals surface area contributed by atoms with Gasteiger partial charge >= 0.3 is 0 Å². The van der Waals surface area contributed by atoms with Gasteiger partial charge < -0.3 is 19.0 Å². The number of aromatic nitrogens is 2. The van der Waals surface area contributed by atoms with E-state index >= 15 is 0 Å². The Morgan fingerprint density at radius 3 is 2.64 bits per heavy atom. The first-order chi connectivity index (χ1) is 16.2. The molecule has 0 atom stereocenters. The average Bonchev–Trinajstić information content (AvgIpc) is 3.29. The average molecular weight is 448 g/mol. The summed E-state index contributed by atoms with van der Waals surface area (Å²) in [6.07, 6.45) is 6.29. The summed E-state index contributed by atoms with van der Waals surface area (Å²) in [5.74, 6) is 2.66. The van der Waals surface area contributed by atoms with Crippen LogP contribution in [-0.4, -0.2) is 65.0 Å². The third-order valence-corrected chi connectivity index (χ3v) is 6.24. The minimum Gasteiger partial charge on any atom is -0.491 e. The molecule has 4 heterocycles. The molecule has 2 aliphatic rings. The minimum absolute atomic E-state index is 0.132. The molecule has 0 N–H and O–H groups in total. The molecule has 0 saturated carbocycles. The third-order valence-electron chi connectivity index (χ3n) is 6.24. The van der Waals surface area contributed by atoms with Gasteiger partial charge in [0.1, 0.15) is 18.1 Å². The van der Waals surface area contributed by atoms with E-state index in [1.807, 2.05) is 23.1 Å². The standard InChI is InChI=1S/C25H29N5O3/c31-24(7-5-22-3-1-15-32-22)30-14-16-33-23-6-4-20(17-21(23)19-30)18-28-10-12-29(13-11-28)25-26-8-2-9-27-25/h1-4,6,8-9,15,17H,5,7,10-14,16,18-19H2. The van der Waals surface area contributed by atoms with Crippen molar-refractivity contribution in [3.05, 3.63) is 71.9 Å². The van der Waals surface area contributed by atoms with Gasteiger partial charge in [0.05, 0.1) is 12.8 Å². The number of carbonyl (C=O) groups is 1. The molecule has 1 amide bonds. The van der Waals surface area contributed by atoms with Crippen LogP contribution >= 0.6 is 0 Å². The van der Waals surface area contributed by atoms with Crippen LogP contribution in [0.4, 0.5) is 5.95 Å². The highest BCUT2D eigenvalue weighted by atomic mass is 16.5. The highest BCUT2D eigenvalue weighted by molar-refractivity contribution is 5.76. The van der Waals surface area contributed by atoms with Crippen molar-refractivity contribution in [1.82, 2.24) is 19.8 Å². The van der Waals surface area contributed by atoms with Crippen molar-refractivity contribution in [2.24, 2.45) is 0 Å². The number of hydrogen-bond acceptors (Lipinski definition) is 7. The number of rotatable bonds is 6. The molecule has 8 heteroatoms. The number of fused-ring (bicyclic) bond motifs is 1. The number of anilines is 1. The van der Waals surface area contributed by atoms with E-state index in [1.165, 1.54) is 5.56 Å². The molecule has 5 rings (SSSR count). The number of carbonyl (C=O) groups excluding carboxylic acids is 1. The monoisotopic (exact) mass is 447 g/mol. The van der Waals surface area contributed by atoms with Gasteiger partial charge in [0.15, 0.2) is 0 Å². The fourth-order valence-electron chi connectivity index (χ4n) is 4.42. The molecule has 2 aliphatic heterocycles. The van der Waals surface area contributed by atoms with Crippen molar-refractivity contribution in [3.63, 3.8) is 0 Å². The number of piperazine rings is 1. The number of ether oxygens (including phenoxy) is 1. The van der Waals surface area contributed by atoms with Crippen LogP contribution in [0.2, 0.25) is 0 Å². The Labute approximate surface area is 193 Å². The zero-order valence-electron chi connectivity index (χ0n) is 18.7. The first-order valence-corrected chi connectivity index (χ1v) is 11.5. The number of hydrogen-bond donors (Lipinski definition) is 0. The Morgan fingerprint density at radius 1 is 1.00 bits per heavy atom. The molecular formula is C25H29N5O3. The van der Waals surface area contributed by atoms with E-state index in [0.717, 1.165) is 55.7 Å². The van der Waals surface area contributed by atoms with Gasteiger partial charge in [-0.2, -0.15) is 0 Å². The molecule has 33 heavy (non-hydrogen) atoms. The molecule has 172 valence electrons.